The first-order valence-corrected chi connectivity index (χ1v) is 17.2. The maximum absolute atomic E-state index is 6.04. The fraction of sp³-hybridized carbons (Fsp3) is 0.0238. The van der Waals surface area contributed by atoms with E-state index in [0.717, 1.165) is 39.6 Å². The third-order valence-electron chi connectivity index (χ3n) is 7.27. The Bertz CT molecular complexity index is 1590. The molecule has 46 heavy (non-hydrogen) atoms. The minimum atomic E-state index is -0.260. The molecule has 0 fully saturated rings. The molecule has 4 heteroatoms. The summed E-state index contributed by atoms with van der Waals surface area (Å²) in [6.45, 7) is 4.07. The average molecular weight is 693 g/mol. The first-order chi connectivity index (χ1) is 22.2. The zero-order chi connectivity index (χ0) is 31.3. The largest absolute Gasteiger partial charge is 2.00 e. The SMILES string of the molecule is [CH2]CP(c1ccccc1)c1ccccc1.[Ni+2].[S-]C(C([S-])=C(c1ccccc1)c1ccccc1)=C(c1ccccc1)c1ccccc1. The van der Waals surface area contributed by atoms with E-state index in [1.165, 1.54) is 10.6 Å². The van der Waals surface area contributed by atoms with Crippen LogP contribution >= 0.6 is 7.92 Å². The molecule has 0 bridgehead atoms. The summed E-state index contributed by atoms with van der Waals surface area (Å²) in [5.74, 6) is 0. The summed E-state index contributed by atoms with van der Waals surface area (Å²) >= 11 is 12.1. The second-order valence-corrected chi connectivity index (χ2v) is 13.3. The summed E-state index contributed by atoms with van der Waals surface area (Å²) < 4.78 is 0. The van der Waals surface area contributed by atoms with Crippen molar-refractivity contribution in [1.29, 1.82) is 0 Å². The van der Waals surface area contributed by atoms with E-state index in [1.807, 2.05) is 72.8 Å². The number of hydrogen-bond acceptors (Lipinski definition) is 2. The third-order valence-corrected chi connectivity index (χ3v) is 10.5. The Balaban J connectivity index is 0.000000253. The molecular weight excluding hydrogens is 658 g/mol. The monoisotopic (exact) mass is 691 g/mol. The minimum Gasteiger partial charge on any atom is -0.780 e. The van der Waals surface area contributed by atoms with Crippen LogP contribution in [0.1, 0.15) is 22.3 Å². The minimum absolute atomic E-state index is 0. The van der Waals surface area contributed by atoms with Crippen LogP contribution in [0.25, 0.3) is 11.1 Å². The van der Waals surface area contributed by atoms with Crippen LogP contribution in [0, 0.1) is 6.92 Å². The normalized spacial score (nSPS) is 10.1. The zero-order valence-electron chi connectivity index (χ0n) is 25.3. The predicted octanol–water partition coefficient (Wildman–Crippen LogP) is 9.95. The molecule has 0 aliphatic rings. The first kappa shape index (κ1) is 35.0. The molecule has 0 aromatic heterocycles. The van der Waals surface area contributed by atoms with Crippen molar-refractivity contribution in [3.63, 3.8) is 0 Å². The fourth-order valence-electron chi connectivity index (χ4n) is 5.13. The third kappa shape index (κ3) is 9.13. The van der Waals surface area contributed by atoms with E-state index in [-0.39, 0.29) is 24.4 Å². The van der Waals surface area contributed by atoms with Crippen molar-refractivity contribution in [3.8, 4) is 0 Å². The van der Waals surface area contributed by atoms with Crippen molar-refractivity contribution in [2.45, 2.75) is 0 Å². The van der Waals surface area contributed by atoms with Gasteiger partial charge in [0.25, 0.3) is 0 Å². The summed E-state index contributed by atoms with van der Waals surface area (Å²) in [7, 11) is -0.260. The molecule has 0 N–H and O–H groups in total. The van der Waals surface area contributed by atoms with Gasteiger partial charge in [0, 0.05) is 0 Å². The Morgan fingerprint density at radius 2 is 0.609 bits per heavy atom. The van der Waals surface area contributed by atoms with E-state index in [1.54, 1.807) is 0 Å². The van der Waals surface area contributed by atoms with E-state index in [4.69, 9.17) is 25.3 Å². The quantitative estimate of drug-likeness (QED) is 0.0675. The summed E-state index contributed by atoms with van der Waals surface area (Å²) in [6, 6.07) is 62.3. The van der Waals surface area contributed by atoms with E-state index in [0.29, 0.717) is 9.81 Å². The zero-order valence-corrected chi connectivity index (χ0v) is 28.8. The van der Waals surface area contributed by atoms with Gasteiger partial charge in [0.15, 0.2) is 0 Å². The van der Waals surface area contributed by atoms with Crippen molar-refractivity contribution >= 4 is 54.9 Å². The number of benzene rings is 6. The van der Waals surface area contributed by atoms with Crippen LogP contribution in [0.5, 0.6) is 0 Å². The van der Waals surface area contributed by atoms with E-state index >= 15 is 0 Å². The Labute approximate surface area is 296 Å². The first-order valence-electron chi connectivity index (χ1n) is 14.9. The number of rotatable bonds is 8. The Hall–Kier alpha value is -3.84. The van der Waals surface area contributed by atoms with Crippen molar-refractivity contribution < 1.29 is 16.5 Å². The van der Waals surface area contributed by atoms with Crippen molar-refractivity contribution in [2.75, 3.05) is 6.16 Å². The molecule has 0 amide bonds. The van der Waals surface area contributed by atoms with Gasteiger partial charge in [0.05, 0.1) is 0 Å². The van der Waals surface area contributed by atoms with E-state index in [9.17, 15) is 0 Å². The molecule has 6 rings (SSSR count). The second kappa shape index (κ2) is 18.3. The smallest absolute Gasteiger partial charge is 0.780 e. The van der Waals surface area contributed by atoms with Gasteiger partial charge in [-0.15, -0.1) is 0 Å². The van der Waals surface area contributed by atoms with Gasteiger partial charge in [-0.05, 0) is 65.0 Å². The summed E-state index contributed by atoms with van der Waals surface area (Å²) in [5, 5.41) is 2.82. The molecule has 0 atom stereocenters. The molecule has 0 spiro atoms. The van der Waals surface area contributed by atoms with Gasteiger partial charge in [-0.25, -0.2) is 0 Å². The Morgan fingerprint density at radius 1 is 0.391 bits per heavy atom. The molecule has 1 radical (unpaired) electrons. The fourth-order valence-corrected chi connectivity index (χ4v) is 7.68. The topological polar surface area (TPSA) is 0 Å². The second-order valence-electron chi connectivity index (χ2n) is 10.2. The van der Waals surface area contributed by atoms with Crippen molar-refractivity contribution in [2.24, 2.45) is 0 Å². The van der Waals surface area contributed by atoms with Crippen LogP contribution in [0.15, 0.2) is 192 Å². The van der Waals surface area contributed by atoms with Crippen LogP contribution in [-0.4, -0.2) is 6.16 Å². The van der Waals surface area contributed by atoms with Crippen molar-refractivity contribution in [1.82, 2.24) is 0 Å². The summed E-state index contributed by atoms with van der Waals surface area (Å²) in [5.41, 5.74) is 6.24. The summed E-state index contributed by atoms with van der Waals surface area (Å²) in [6.07, 6.45) is 0.962. The molecule has 0 aliphatic carbocycles. The molecule has 6 aromatic rings. The Morgan fingerprint density at radius 3 is 0.826 bits per heavy atom. The predicted molar refractivity (Wildman–Crippen MR) is 202 cm³/mol. The van der Waals surface area contributed by atoms with E-state index in [2.05, 4.69) is 116 Å². The van der Waals surface area contributed by atoms with Gasteiger partial charge >= 0.3 is 16.5 Å². The number of hydrogen-bond donors (Lipinski definition) is 0. The summed E-state index contributed by atoms with van der Waals surface area (Å²) in [4.78, 5) is 1.37. The molecule has 0 unspecified atom stereocenters. The Kier molecular flexibility index (Phi) is 14.0. The van der Waals surface area contributed by atoms with Gasteiger partial charge in [0.2, 0.25) is 0 Å². The molecule has 0 nitrogen and oxygen atoms in total. The van der Waals surface area contributed by atoms with Crippen LogP contribution in [0.4, 0.5) is 0 Å². The van der Waals surface area contributed by atoms with Gasteiger partial charge in [-0.2, -0.15) is 9.81 Å². The van der Waals surface area contributed by atoms with Gasteiger partial charge in [0.1, 0.15) is 0 Å². The molecular formula is C42H34NiPS2. The van der Waals surface area contributed by atoms with Crippen molar-refractivity contribution in [3.05, 3.63) is 221 Å². The average Bonchev–Trinajstić information content (AvgIpc) is 3.12. The maximum Gasteiger partial charge on any atom is 2.00 e. The van der Waals surface area contributed by atoms with Gasteiger partial charge in [-0.1, -0.05) is 182 Å². The standard InChI is InChI=1S/C28H22S2.C14H14P.Ni/c29-27(25(21-13-5-1-6-14-21)22-15-7-2-8-16-22)28(30)26(23-17-9-3-10-18-23)24-19-11-4-12-20-24;1-2-15(13-9-5-3-6-10-13)14-11-7-4-8-12-14;/h1-20,29-30H;3-12H,1-2H2;/q;;+2/p-2. The van der Waals surface area contributed by atoms with Crippen LogP contribution in [-0.2, 0) is 41.7 Å². The molecule has 0 aliphatic heterocycles. The van der Waals surface area contributed by atoms with Crippen LogP contribution < -0.4 is 10.6 Å². The van der Waals surface area contributed by atoms with Gasteiger partial charge in [-0.3, -0.25) is 0 Å². The molecule has 0 saturated heterocycles. The van der Waals surface area contributed by atoms with E-state index < -0.39 is 0 Å². The maximum atomic E-state index is 6.04. The molecule has 0 heterocycles. The van der Waals surface area contributed by atoms with Gasteiger partial charge < -0.3 is 25.3 Å². The molecule has 6 aromatic carbocycles. The van der Waals surface area contributed by atoms with Crippen LogP contribution in [0.2, 0.25) is 0 Å². The van der Waals surface area contributed by atoms with Crippen LogP contribution in [0.3, 0.4) is 0 Å². The molecule has 0 saturated carbocycles. The molecule has 229 valence electrons.